The Hall–Kier alpha value is -1.55. The van der Waals surface area contributed by atoms with Gasteiger partial charge in [0.15, 0.2) is 0 Å². The standard InChI is InChI=1S/C12H15N3O/c1-2-4-12-11(3-1)8-14-15(12)16-9-10-5-6-13-7-10/h1-4,8,10,13H,5-7,9H2. The van der Waals surface area contributed by atoms with Crippen LogP contribution in [0.1, 0.15) is 6.42 Å². The molecule has 0 radical (unpaired) electrons. The third kappa shape index (κ3) is 1.76. The van der Waals surface area contributed by atoms with Gasteiger partial charge in [-0.05, 0) is 19.0 Å². The molecule has 84 valence electrons. The Labute approximate surface area is 94.2 Å². The molecule has 2 heterocycles. The van der Waals surface area contributed by atoms with E-state index < -0.39 is 0 Å². The molecule has 0 bridgehead atoms. The van der Waals surface area contributed by atoms with Gasteiger partial charge in [-0.15, -0.1) is 5.10 Å². The van der Waals surface area contributed by atoms with Gasteiger partial charge in [0.05, 0.1) is 6.20 Å². The van der Waals surface area contributed by atoms with Gasteiger partial charge in [-0.3, -0.25) is 0 Å². The molecule has 0 spiro atoms. The lowest BCUT2D eigenvalue weighted by molar-refractivity contribution is 0.0688. The van der Waals surface area contributed by atoms with E-state index in [0.29, 0.717) is 5.92 Å². The number of hydrogen-bond donors (Lipinski definition) is 1. The first kappa shape index (κ1) is 9.66. The number of para-hydroxylation sites is 1. The lowest BCUT2D eigenvalue weighted by atomic mass is 10.1. The third-order valence-electron chi connectivity index (χ3n) is 3.04. The fraction of sp³-hybridized carbons (Fsp3) is 0.417. The topological polar surface area (TPSA) is 39.1 Å². The molecular formula is C12H15N3O. The zero-order valence-electron chi connectivity index (χ0n) is 9.10. The SMILES string of the molecule is c1ccc2c(c1)cnn2OCC1CCNC1. The minimum atomic E-state index is 0.614. The summed E-state index contributed by atoms with van der Waals surface area (Å²) < 4.78 is 0. The van der Waals surface area contributed by atoms with E-state index >= 15 is 0 Å². The lowest BCUT2D eigenvalue weighted by Crippen LogP contribution is -2.22. The normalized spacial score (nSPS) is 20.4. The average molecular weight is 217 g/mol. The Bertz CT molecular complexity index is 474. The zero-order valence-corrected chi connectivity index (χ0v) is 9.10. The van der Waals surface area contributed by atoms with Gasteiger partial charge in [0.1, 0.15) is 12.1 Å². The summed E-state index contributed by atoms with van der Waals surface area (Å²) in [6.07, 6.45) is 3.03. The van der Waals surface area contributed by atoms with E-state index in [2.05, 4.69) is 10.4 Å². The van der Waals surface area contributed by atoms with E-state index in [1.165, 1.54) is 6.42 Å². The summed E-state index contributed by atoms with van der Waals surface area (Å²) in [5.41, 5.74) is 1.04. The first-order chi connectivity index (χ1) is 7.93. The van der Waals surface area contributed by atoms with Crippen LogP contribution in [-0.2, 0) is 0 Å². The van der Waals surface area contributed by atoms with Crippen LogP contribution in [-0.4, -0.2) is 29.6 Å². The van der Waals surface area contributed by atoms with Gasteiger partial charge in [-0.25, -0.2) is 0 Å². The van der Waals surface area contributed by atoms with Gasteiger partial charge in [0.25, 0.3) is 0 Å². The highest BCUT2D eigenvalue weighted by molar-refractivity contribution is 5.77. The van der Waals surface area contributed by atoms with Gasteiger partial charge in [-0.2, -0.15) is 0 Å². The second kappa shape index (κ2) is 4.14. The van der Waals surface area contributed by atoms with E-state index in [9.17, 15) is 0 Å². The first-order valence-corrected chi connectivity index (χ1v) is 5.70. The molecule has 1 unspecified atom stereocenters. The Kier molecular flexibility index (Phi) is 2.50. The zero-order chi connectivity index (χ0) is 10.8. The molecule has 16 heavy (non-hydrogen) atoms. The van der Waals surface area contributed by atoms with E-state index in [1.807, 2.05) is 30.5 Å². The maximum atomic E-state index is 5.71. The van der Waals surface area contributed by atoms with Crippen LogP contribution in [0.3, 0.4) is 0 Å². The van der Waals surface area contributed by atoms with Crippen molar-refractivity contribution < 1.29 is 4.84 Å². The summed E-state index contributed by atoms with van der Waals surface area (Å²) >= 11 is 0. The van der Waals surface area contributed by atoms with Crippen molar-refractivity contribution in [3.05, 3.63) is 30.5 Å². The Morgan fingerprint density at radius 2 is 2.38 bits per heavy atom. The lowest BCUT2D eigenvalue weighted by Gasteiger charge is -2.10. The summed E-state index contributed by atoms with van der Waals surface area (Å²) in [7, 11) is 0. The van der Waals surface area contributed by atoms with Gasteiger partial charge in [0, 0.05) is 17.8 Å². The molecule has 0 saturated carbocycles. The number of nitrogens with zero attached hydrogens (tertiary/aromatic N) is 2. The number of hydrogen-bond acceptors (Lipinski definition) is 3. The third-order valence-corrected chi connectivity index (χ3v) is 3.04. The van der Waals surface area contributed by atoms with Crippen molar-refractivity contribution in [3.8, 4) is 0 Å². The number of aromatic nitrogens is 2. The molecule has 0 aliphatic carbocycles. The highest BCUT2D eigenvalue weighted by Crippen LogP contribution is 2.12. The maximum Gasteiger partial charge on any atom is 0.121 e. The summed E-state index contributed by atoms with van der Waals surface area (Å²) in [6, 6.07) is 8.07. The molecule has 2 aromatic rings. The highest BCUT2D eigenvalue weighted by Gasteiger charge is 2.15. The van der Waals surface area contributed by atoms with Crippen molar-refractivity contribution in [3.63, 3.8) is 0 Å². The van der Waals surface area contributed by atoms with Crippen LogP contribution in [0.4, 0.5) is 0 Å². The van der Waals surface area contributed by atoms with Crippen molar-refractivity contribution in [2.45, 2.75) is 6.42 Å². The second-order valence-corrected chi connectivity index (χ2v) is 4.23. The first-order valence-electron chi connectivity index (χ1n) is 5.70. The van der Waals surface area contributed by atoms with Crippen molar-refractivity contribution in [1.29, 1.82) is 0 Å². The summed E-state index contributed by atoms with van der Waals surface area (Å²) in [5.74, 6) is 0.614. The molecule has 1 aromatic carbocycles. The van der Waals surface area contributed by atoms with Crippen LogP contribution in [0.25, 0.3) is 10.9 Å². The predicted octanol–water partition coefficient (Wildman–Crippen LogP) is 1.07. The molecule has 1 aromatic heterocycles. The van der Waals surface area contributed by atoms with E-state index in [-0.39, 0.29) is 0 Å². The van der Waals surface area contributed by atoms with Gasteiger partial charge >= 0.3 is 0 Å². The average Bonchev–Trinajstić information content (AvgIpc) is 2.96. The quantitative estimate of drug-likeness (QED) is 0.836. The minimum Gasteiger partial charge on any atom is -0.396 e. The molecule has 1 aliphatic rings. The van der Waals surface area contributed by atoms with Crippen molar-refractivity contribution in [1.82, 2.24) is 15.3 Å². The van der Waals surface area contributed by atoms with E-state index in [4.69, 9.17) is 4.84 Å². The smallest absolute Gasteiger partial charge is 0.121 e. The Morgan fingerprint density at radius 3 is 3.25 bits per heavy atom. The van der Waals surface area contributed by atoms with Crippen LogP contribution >= 0.6 is 0 Å². The number of nitrogens with one attached hydrogen (secondary N) is 1. The van der Waals surface area contributed by atoms with Crippen molar-refractivity contribution in [2.24, 2.45) is 5.92 Å². The molecule has 1 N–H and O–H groups in total. The van der Waals surface area contributed by atoms with Gasteiger partial charge in [-0.1, -0.05) is 23.0 Å². The van der Waals surface area contributed by atoms with Crippen molar-refractivity contribution >= 4 is 10.9 Å². The second-order valence-electron chi connectivity index (χ2n) is 4.23. The van der Waals surface area contributed by atoms with Crippen LogP contribution in [0.2, 0.25) is 0 Å². The fourth-order valence-electron chi connectivity index (χ4n) is 2.08. The molecule has 4 nitrogen and oxygen atoms in total. The summed E-state index contributed by atoms with van der Waals surface area (Å²) in [6.45, 7) is 2.89. The van der Waals surface area contributed by atoms with Gasteiger partial charge < -0.3 is 10.2 Å². The van der Waals surface area contributed by atoms with E-state index in [1.54, 1.807) is 4.85 Å². The van der Waals surface area contributed by atoms with Crippen molar-refractivity contribution in [2.75, 3.05) is 19.7 Å². The predicted molar refractivity (Wildman–Crippen MR) is 62.2 cm³/mol. The van der Waals surface area contributed by atoms with Crippen LogP contribution in [0, 0.1) is 5.92 Å². The molecule has 4 heteroatoms. The molecular weight excluding hydrogens is 202 g/mol. The monoisotopic (exact) mass is 217 g/mol. The van der Waals surface area contributed by atoms with Crippen LogP contribution in [0.5, 0.6) is 0 Å². The fourth-order valence-corrected chi connectivity index (χ4v) is 2.08. The molecule has 3 rings (SSSR count). The number of rotatable bonds is 3. The number of benzene rings is 1. The molecule has 1 saturated heterocycles. The maximum absolute atomic E-state index is 5.71. The summed E-state index contributed by atoms with van der Waals surface area (Å²) in [5, 5.41) is 8.68. The highest BCUT2D eigenvalue weighted by atomic mass is 16.7. The van der Waals surface area contributed by atoms with Crippen LogP contribution < -0.4 is 10.2 Å². The Morgan fingerprint density at radius 1 is 1.44 bits per heavy atom. The molecule has 1 fully saturated rings. The largest absolute Gasteiger partial charge is 0.396 e. The van der Waals surface area contributed by atoms with Gasteiger partial charge in [0.2, 0.25) is 0 Å². The molecule has 1 aliphatic heterocycles. The molecule has 0 amide bonds. The van der Waals surface area contributed by atoms with E-state index in [0.717, 1.165) is 30.6 Å². The number of fused-ring (bicyclic) bond motifs is 1. The summed E-state index contributed by atoms with van der Waals surface area (Å²) in [4.78, 5) is 7.34. The van der Waals surface area contributed by atoms with Crippen LogP contribution in [0.15, 0.2) is 30.5 Å². The minimum absolute atomic E-state index is 0.614. The Balaban J connectivity index is 1.73. The molecule has 1 atom stereocenters.